The Hall–Kier alpha value is -1.67. The smallest absolute Gasteiger partial charge is 0.453 e. The van der Waals surface area contributed by atoms with Gasteiger partial charge in [-0.25, -0.2) is 9.59 Å². The molecule has 1 saturated carbocycles. The minimum absolute atomic E-state index is 0.383. The third kappa shape index (κ3) is 6.15. The quantitative estimate of drug-likeness (QED) is 0.453. The second-order valence-electron chi connectivity index (χ2n) is 5.45. The van der Waals surface area contributed by atoms with Crippen LogP contribution in [-0.4, -0.2) is 35.2 Å². The molecule has 0 saturated heterocycles. The number of aliphatic carboxylic acids is 1. The summed E-state index contributed by atoms with van der Waals surface area (Å²) in [5, 5.41) is 8.37. The van der Waals surface area contributed by atoms with Gasteiger partial charge < -0.3 is 9.84 Å². The topological polar surface area (TPSA) is 63.6 Å². The SMILES string of the molecule is O=C(O)C=CC(=O)OC(CC(F)(F)C(F)(F)F)C1CCCCC1. The van der Waals surface area contributed by atoms with E-state index in [9.17, 15) is 31.5 Å². The highest BCUT2D eigenvalue weighted by Crippen LogP contribution is 2.42. The van der Waals surface area contributed by atoms with Gasteiger partial charge in [-0.3, -0.25) is 0 Å². The third-order valence-corrected chi connectivity index (χ3v) is 3.68. The van der Waals surface area contributed by atoms with E-state index in [-0.39, 0.29) is 0 Å². The van der Waals surface area contributed by atoms with Crippen LogP contribution in [0.25, 0.3) is 0 Å². The Kier molecular flexibility index (Phi) is 6.52. The first-order valence-electron chi connectivity index (χ1n) is 7.09. The number of esters is 1. The fourth-order valence-electron chi connectivity index (χ4n) is 2.51. The van der Waals surface area contributed by atoms with Crippen LogP contribution in [0.2, 0.25) is 0 Å². The summed E-state index contributed by atoms with van der Waals surface area (Å²) in [6, 6.07) is 0. The maximum Gasteiger partial charge on any atom is 0.453 e. The van der Waals surface area contributed by atoms with Crippen LogP contribution in [0.15, 0.2) is 12.2 Å². The molecule has 1 unspecified atom stereocenters. The van der Waals surface area contributed by atoms with Crippen molar-refractivity contribution in [1.82, 2.24) is 0 Å². The first-order valence-corrected chi connectivity index (χ1v) is 7.09. The number of halogens is 5. The van der Waals surface area contributed by atoms with Gasteiger partial charge in [-0.2, -0.15) is 22.0 Å². The average Bonchev–Trinajstić information content (AvgIpc) is 2.44. The lowest BCUT2D eigenvalue weighted by Crippen LogP contribution is -2.43. The minimum atomic E-state index is -5.73. The summed E-state index contributed by atoms with van der Waals surface area (Å²) >= 11 is 0. The maximum atomic E-state index is 13.3. The number of carboxylic acids is 1. The molecule has 0 aromatic carbocycles. The molecule has 23 heavy (non-hydrogen) atoms. The van der Waals surface area contributed by atoms with Crippen molar-refractivity contribution in [3.8, 4) is 0 Å². The Morgan fingerprint density at radius 3 is 2.13 bits per heavy atom. The molecule has 0 aromatic rings. The van der Waals surface area contributed by atoms with E-state index in [0.717, 1.165) is 6.42 Å². The predicted molar refractivity (Wildman–Crippen MR) is 68.8 cm³/mol. The molecule has 1 atom stereocenters. The fraction of sp³-hybridized carbons (Fsp3) is 0.714. The molecular formula is C14H17F5O4. The first-order chi connectivity index (χ1) is 10.5. The molecule has 1 rings (SSSR count). The fourth-order valence-corrected chi connectivity index (χ4v) is 2.51. The lowest BCUT2D eigenvalue weighted by Gasteiger charge is -2.32. The van der Waals surface area contributed by atoms with Gasteiger partial charge in [0.25, 0.3) is 0 Å². The highest BCUT2D eigenvalue weighted by molar-refractivity contribution is 5.90. The van der Waals surface area contributed by atoms with E-state index < -0.39 is 42.5 Å². The van der Waals surface area contributed by atoms with Crippen LogP contribution in [0.1, 0.15) is 38.5 Å². The number of carbonyl (C=O) groups is 2. The lowest BCUT2D eigenvalue weighted by atomic mass is 9.83. The second-order valence-corrected chi connectivity index (χ2v) is 5.45. The number of hydrogen-bond acceptors (Lipinski definition) is 3. The number of carbonyl (C=O) groups excluding carboxylic acids is 1. The summed E-state index contributed by atoms with van der Waals surface area (Å²) < 4.78 is 68.4. The zero-order valence-electron chi connectivity index (χ0n) is 12.1. The summed E-state index contributed by atoms with van der Waals surface area (Å²) in [5.41, 5.74) is 0. The van der Waals surface area contributed by atoms with E-state index in [4.69, 9.17) is 9.84 Å². The third-order valence-electron chi connectivity index (χ3n) is 3.68. The molecule has 0 radical (unpaired) electrons. The maximum absolute atomic E-state index is 13.3. The average molecular weight is 344 g/mol. The number of rotatable bonds is 6. The van der Waals surface area contributed by atoms with Gasteiger partial charge in [0, 0.05) is 12.2 Å². The molecular weight excluding hydrogens is 327 g/mol. The highest BCUT2D eigenvalue weighted by atomic mass is 19.4. The molecule has 0 heterocycles. The van der Waals surface area contributed by atoms with Gasteiger partial charge >= 0.3 is 24.0 Å². The number of alkyl halides is 5. The Morgan fingerprint density at radius 1 is 1.09 bits per heavy atom. The molecule has 0 aliphatic heterocycles. The molecule has 0 bridgehead atoms. The van der Waals surface area contributed by atoms with Gasteiger partial charge in [0.05, 0.1) is 6.42 Å². The Labute approximate surface area is 129 Å². The van der Waals surface area contributed by atoms with Crippen molar-refractivity contribution < 1.29 is 41.4 Å². The van der Waals surface area contributed by atoms with Gasteiger partial charge in [-0.1, -0.05) is 19.3 Å². The zero-order valence-corrected chi connectivity index (χ0v) is 12.1. The van der Waals surface area contributed by atoms with Crippen molar-refractivity contribution in [3.05, 3.63) is 12.2 Å². The number of carboxylic acid groups (broad SMARTS) is 1. The van der Waals surface area contributed by atoms with E-state index in [1.54, 1.807) is 0 Å². The Bertz CT molecular complexity index is 453. The van der Waals surface area contributed by atoms with Crippen molar-refractivity contribution in [2.45, 2.75) is 56.7 Å². The lowest BCUT2D eigenvalue weighted by molar-refractivity contribution is -0.292. The van der Waals surface area contributed by atoms with Gasteiger partial charge in [0.2, 0.25) is 0 Å². The summed E-state index contributed by atoms with van der Waals surface area (Å²) in [5.74, 6) is -8.29. The molecule has 1 aliphatic rings. The second kappa shape index (κ2) is 7.74. The van der Waals surface area contributed by atoms with Crippen LogP contribution in [0.4, 0.5) is 22.0 Å². The highest BCUT2D eigenvalue weighted by Gasteiger charge is 2.59. The predicted octanol–water partition coefficient (Wildman–Crippen LogP) is 3.71. The van der Waals surface area contributed by atoms with Crippen molar-refractivity contribution in [3.63, 3.8) is 0 Å². The molecule has 0 aromatic heterocycles. The van der Waals surface area contributed by atoms with Gasteiger partial charge in [-0.15, -0.1) is 0 Å². The molecule has 1 fully saturated rings. The van der Waals surface area contributed by atoms with E-state index in [0.29, 0.717) is 37.8 Å². The number of ether oxygens (including phenoxy) is 1. The molecule has 4 nitrogen and oxygen atoms in total. The molecule has 0 amide bonds. The van der Waals surface area contributed by atoms with Crippen LogP contribution in [0.3, 0.4) is 0 Å². The number of hydrogen-bond donors (Lipinski definition) is 1. The van der Waals surface area contributed by atoms with Crippen LogP contribution < -0.4 is 0 Å². The zero-order chi connectivity index (χ0) is 17.7. The Balaban J connectivity index is 2.84. The Morgan fingerprint density at radius 2 is 1.65 bits per heavy atom. The van der Waals surface area contributed by atoms with Crippen molar-refractivity contribution in [2.75, 3.05) is 0 Å². The normalized spacial score (nSPS) is 18.8. The summed E-state index contributed by atoms with van der Waals surface area (Å²) in [6.07, 6.45) is -5.17. The molecule has 132 valence electrons. The van der Waals surface area contributed by atoms with Gasteiger partial charge in [-0.05, 0) is 18.8 Å². The van der Waals surface area contributed by atoms with E-state index in [2.05, 4.69) is 0 Å². The van der Waals surface area contributed by atoms with Gasteiger partial charge in [0.1, 0.15) is 6.10 Å². The standard InChI is InChI=1S/C14H17F5O4/c15-13(16,14(17,18)19)8-10(9-4-2-1-3-5-9)23-12(22)7-6-11(20)21/h6-7,9-10H,1-5,8H2,(H,20,21). The van der Waals surface area contributed by atoms with Crippen molar-refractivity contribution in [2.24, 2.45) is 5.92 Å². The van der Waals surface area contributed by atoms with Crippen LogP contribution >= 0.6 is 0 Å². The largest absolute Gasteiger partial charge is 0.478 e. The van der Waals surface area contributed by atoms with Crippen molar-refractivity contribution >= 4 is 11.9 Å². The summed E-state index contributed by atoms with van der Waals surface area (Å²) in [7, 11) is 0. The summed E-state index contributed by atoms with van der Waals surface area (Å²) in [6.45, 7) is 0. The molecule has 9 heteroatoms. The van der Waals surface area contributed by atoms with Crippen LogP contribution in [0, 0.1) is 5.92 Å². The molecule has 0 spiro atoms. The van der Waals surface area contributed by atoms with Crippen LogP contribution in [-0.2, 0) is 14.3 Å². The summed E-state index contributed by atoms with van der Waals surface area (Å²) in [4.78, 5) is 21.7. The monoisotopic (exact) mass is 344 g/mol. The van der Waals surface area contributed by atoms with Crippen molar-refractivity contribution in [1.29, 1.82) is 0 Å². The molecule has 1 N–H and O–H groups in total. The van der Waals surface area contributed by atoms with E-state index in [1.807, 2.05) is 0 Å². The van der Waals surface area contributed by atoms with E-state index in [1.165, 1.54) is 0 Å². The van der Waals surface area contributed by atoms with E-state index >= 15 is 0 Å². The van der Waals surface area contributed by atoms with Crippen LogP contribution in [0.5, 0.6) is 0 Å². The minimum Gasteiger partial charge on any atom is -0.478 e. The van der Waals surface area contributed by atoms with Gasteiger partial charge in [0.15, 0.2) is 0 Å². The first kappa shape index (κ1) is 19.4. The molecule has 1 aliphatic carbocycles.